The minimum Gasteiger partial charge on any atom is -0.382 e. The second-order valence-corrected chi connectivity index (χ2v) is 5.06. The third-order valence-electron chi connectivity index (χ3n) is 2.68. The Labute approximate surface area is 98.8 Å². The van der Waals surface area contributed by atoms with E-state index < -0.39 is 5.82 Å². The maximum atomic E-state index is 13.3. The summed E-state index contributed by atoms with van der Waals surface area (Å²) in [5.74, 6) is 1.88. The Kier molecular flexibility index (Phi) is 3.68. The zero-order valence-corrected chi connectivity index (χ0v) is 9.69. The Morgan fingerprint density at radius 2 is 2.12 bits per heavy atom. The van der Waals surface area contributed by atoms with Crippen LogP contribution < -0.4 is 5.32 Å². The van der Waals surface area contributed by atoms with Gasteiger partial charge >= 0.3 is 0 Å². The minimum atomic E-state index is -0.447. The van der Waals surface area contributed by atoms with E-state index in [4.69, 9.17) is 5.26 Å². The molecule has 1 fully saturated rings. The lowest BCUT2D eigenvalue weighted by Crippen LogP contribution is -2.24. The average molecular weight is 236 g/mol. The predicted octanol–water partition coefficient (Wildman–Crippen LogP) is 3.00. The summed E-state index contributed by atoms with van der Waals surface area (Å²) in [5, 5.41) is 11.9. The molecule has 1 aromatic rings. The maximum Gasteiger partial charge on any atom is 0.143 e. The van der Waals surface area contributed by atoms with Crippen LogP contribution in [0.4, 0.5) is 10.1 Å². The largest absolute Gasteiger partial charge is 0.382 e. The molecule has 0 radical (unpaired) electrons. The van der Waals surface area contributed by atoms with Gasteiger partial charge in [-0.25, -0.2) is 4.39 Å². The molecule has 0 amide bonds. The van der Waals surface area contributed by atoms with Crippen molar-refractivity contribution < 1.29 is 4.39 Å². The molecule has 1 aromatic carbocycles. The molecule has 0 atom stereocenters. The van der Waals surface area contributed by atoms with Gasteiger partial charge in [0.1, 0.15) is 11.9 Å². The number of hydrogen-bond donors (Lipinski definition) is 1. The Bertz CT molecular complexity index is 408. The van der Waals surface area contributed by atoms with Crippen LogP contribution in [0, 0.1) is 17.1 Å². The first-order chi connectivity index (χ1) is 7.79. The molecule has 1 aliphatic heterocycles. The lowest BCUT2D eigenvalue weighted by molar-refractivity contribution is 0.622. The van der Waals surface area contributed by atoms with Crippen molar-refractivity contribution in [3.8, 4) is 6.07 Å². The third kappa shape index (κ3) is 2.67. The van der Waals surface area contributed by atoms with Gasteiger partial charge in [-0.05, 0) is 42.5 Å². The van der Waals surface area contributed by atoms with Gasteiger partial charge in [-0.15, -0.1) is 0 Å². The molecule has 1 N–H and O–H groups in total. The van der Waals surface area contributed by atoms with E-state index in [0.29, 0.717) is 6.04 Å². The lowest BCUT2D eigenvalue weighted by atomic mass is 10.1. The van der Waals surface area contributed by atoms with Crippen molar-refractivity contribution >= 4 is 17.4 Å². The molecular weight excluding hydrogens is 223 g/mol. The topological polar surface area (TPSA) is 35.8 Å². The van der Waals surface area contributed by atoms with Crippen LogP contribution in [0.15, 0.2) is 18.2 Å². The highest BCUT2D eigenvalue weighted by Gasteiger charge is 2.13. The second-order valence-electron chi connectivity index (χ2n) is 3.84. The van der Waals surface area contributed by atoms with Crippen molar-refractivity contribution in [2.75, 3.05) is 16.8 Å². The SMILES string of the molecule is N#Cc1ccc(NC2CCSCC2)cc1F. The van der Waals surface area contributed by atoms with E-state index in [9.17, 15) is 4.39 Å². The van der Waals surface area contributed by atoms with E-state index >= 15 is 0 Å². The number of nitriles is 1. The van der Waals surface area contributed by atoms with Crippen LogP contribution in [0.5, 0.6) is 0 Å². The van der Waals surface area contributed by atoms with Gasteiger partial charge in [-0.3, -0.25) is 0 Å². The molecule has 0 aromatic heterocycles. The van der Waals surface area contributed by atoms with Crippen LogP contribution in [-0.4, -0.2) is 17.5 Å². The Morgan fingerprint density at radius 1 is 1.38 bits per heavy atom. The van der Waals surface area contributed by atoms with Gasteiger partial charge in [0, 0.05) is 11.7 Å². The zero-order valence-electron chi connectivity index (χ0n) is 8.87. The molecule has 0 spiro atoms. The normalized spacial score (nSPS) is 16.8. The third-order valence-corrected chi connectivity index (χ3v) is 3.73. The van der Waals surface area contributed by atoms with Crippen LogP contribution in [0.1, 0.15) is 18.4 Å². The van der Waals surface area contributed by atoms with Crippen LogP contribution in [0.25, 0.3) is 0 Å². The quantitative estimate of drug-likeness (QED) is 0.857. The van der Waals surface area contributed by atoms with Gasteiger partial charge in [0.25, 0.3) is 0 Å². The fraction of sp³-hybridized carbons (Fsp3) is 0.417. The Hall–Kier alpha value is -1.21. The summed E-state index contributed by atoms with van der Waals surface area (Å²) >= 11 is 1.96. The first-order valence-electron chi connectivity index (χ1n) is 5.33. The number of nitrogens with zero attached hydrogens (tertiary/aromatic N) is 1. The number of hydrogen-bond acceptors (Lipinski definition) is 3. The van der Waals surface area contributed by atoms with Gasteiger partial charge in [0.2, 0.25) is 0 Å². The van der Waals surface area contributed by atoms with Crippen LogP contribution in [0.3, 0.4) is 0 Å². The Balaban J connectivity index is 2.04. The highest BCUT2D eigenvalue weighted by Crippen LogP contribution is 2.22. The molecule has 1 heterocycles. The van der Waals surface area contributed by atoms with E-state index in [-0.39, 0.29) is 5.56 Å². The summed E-state index contributed by atoms with van der Waals surface area (Å²) in [7, 11) is 0. The van der Waals surface area contributed by atoms with E-state index in [1.165, 1.54) is 12.1 Å². The van der Waals surface area contributed by atoms with Crippen molar-refractivity contribution in [1.82, 2.24) is 0 Å². The Morgan fingerprint density at radius 3 is 2.75 bits per heavy atom. The average Bonchev–Trinajstić information content (AvgIpc) is 2.31. The molecular formula is C12H13FN2S. The van der Waals surface area contributed by atoms with Crippen LogP contribution in [-0.2, 0) is 0 Å². The number of nitrogens with one attached hydrogen (secondary N) is 1. The molecule has 16 heavy (non-hydrogen) atoms. The predicted molar refractivity (Wildman–Crippen MR) is 65.1 cm³/mol. The summed E-state index contributed by atoms with van der Waals surface area (Å²) in [6, 6.07) is 6.95. The molecule has 84 valence electrons. The zero-order chi connectivity index (χ0) is 11.4. The highest BCUT2D eigenvalue weighted by molar-refractivity contribution is 7.99. The number of benzene rings is 1. The number of halogens is 1. The first-order valence-corrected chi connectivity index (χ1v) is 6.49. The summed E-state index contributed by atoms with van der Waals surface area (Å²) in [5.41, 5.74) is 0.873. The summed E-state index contributed by atoms with van der Waals surface area (Å²) in [4.78, 5) is 0. The molecule has 0 unspecified atom stereocenters. The molecule has 4 heteroatoms. The molecule has 2 nitrogen and oxygen atoms in total. The van der Waals surface area contributed by atoms with Crippen molar-refractivity contribution in [2.24, 2.45) is 0 Å². The van der Waals surface area contributed by atoms with Crippen molar-refractivity contribution in [2.45, 2.75) is 18.9 Å². The highest BCUT2D eigenvalue weighted by atomic mass is 32.2. The molecule has 0 aliphatic carbocycles. The van der Waals surface area contributed by atoms with Gasteiger partial charge in [0.05, 0.1) is 5.56 Å². The van der Waals surface area contributed by atoms with Crippen LogP contribution >= 0.6 is 11.8 Å². The number of thioether (sulfide) groups is 1. The minimum absolute atomic E-state index is 0.102. The van der Waals surface area contributed by atoms with Crippen molar-refractivity contribution in [3.05, 3.63) is 29.6 Å². The van der Waals surface area contributed by atoms with Gasteiger partial charge in [-0.2, -0.15) is 17.0 Å². The standard InChI is InChI=1S/C12H13FN2S/c13-12-7-11(2-1-9(12)8-14)15-10-3-5-16-6-4-10/h1-2,7,10,15H,3-6H2. The fourth-order valence-corrected chi connectivity index (χ4v) is 2.88. The summed E-state index contributed by atoms with van der Waals surface area (Å²) in [6.07, 6.45) is 2.23. The van der Waals surface area contributed by atoms with Gasteiger partial charge < -0.3 is 5.32 Å². The number of rotatable bonds is 2. The summed E-state index contributed by atoms with van der Waals surface area (Å²) in [6.45, 7) is 0. The van der Waals surface area contributed by atoms with Gasteiger partial charge in [0.15, 0.2) is 0 Å². The summed E-state index contributed by atoms with van der Waals surface area (Å²) < 4.78 is 13.3. The molecule has 0 bridgehead atoms. The molecule has 0 saturated carbocycles. The first kappa shape index (κ1) is 11.3. The van der Waals surface area contributed by atoms with Gasteiger partial charge in [-0.1, -0.05) is 0 Å². The maximum absolute atomic E-state index is 13.3. The van der Waals surface area contributed by atoms with Crippen molar-refractivity contribution in [1.29, 1.82) is 5.26 Å². The smallest absolute Gasteiger partial charge is 0.143 e. The fourth-order valence-electron chi connectivity index (χ4n) is 1.77. The van der Waals surface area contributed by atoms with E-state index in [1.54, 1.807) is 6.07 Å². The monoisotopic (exact) mass is 236 g/mol. The van der Waals surface area contributed by atoms with Crippen molar-refractivity contribution in [3.63, 3.8) is 0 Å². The van der Waals surface area contributed by atoms with E-state index in [2.05, 4.69) is 5.32 Å². The van der Waals surface area contributed by atoms with E-state index in [1.807, 2.05) is 17.8 Å². The number of anilines is 1. The molecule has 2 rings (SSSR count). The van der Waals surface area contributed by atoms with Crippen LogP contribution in [0.2, 0.25) is 0 Å². The molecule has 1 aliphatic rings. The lowest BCUT2D eigenvalue weighted by Gasteiger charge is -2.23. The second kappa shape index (κ2) is 5.22. The molecule has 1 saturated heterocycles. The van der Waals surface area contributed by atoms with E-state index in [0.717, 1.165) is 30.0 Å².